The third kappa shape index (κ3) is 4.54. The summed E-state index contributed by atoms with van der Waals surface area (Å²) in [4.78, 5) is 13.8. The average Bonchev–Trinajstić information content (AvgIpc) is 2.40. The summed E-state index contributed by atoms with van der Waals surface area (Å²) in [6.07, 6.45) is 0.0571. The highest BCUT2D eigenvalue weighted by Crippen LogP contribution is 2.26. The zero-order valence-corrected chi connectivity index (χ0v) is 13.1. The minimum atomic E-state index is -0.597. The fourth-order valence-electron chi connectivity index (χ4n) is 2.38. The van der Waals surface area contributed by atoms with Crippen molar-refractivity contribution in [3.8, 4) is 0 Å². The van der Waals surface area contributed by atoms with Crippen LogP contribution < -0.4 is 5.73 Å². The number of ether oxygens (including phenoxy) is 4. The van der Waals surface area contributed by atoms with Gasteiger partial charge < -0.3 is 29.6 Å². The molecule has 0 saturated carbocycles. The smallest absolute Gasteiger partial charge is 0.410 e. The molecule has 0 unspecified atom stereocenters. The van der Waals surface area contributed by atoms with Gasteiger partial charge in [0.15, 0.2) is 6.29 Å². The lowest BCUT2D eigenvalue weighted by Crippen LogP contribution is -2.61. The van der Waals surface area contributed by atoms with E-state index in [-0.39, 0.29) is 12.4 Å². The molecule has 0 atom stereocenters. The molecule has 2 saturated heterocycles. The van der Waals surface area contributed by atoms with E-state index in [1.54, 1.807) is 4.90 Å². The maximum atomic E-state index is 12.2. The second-order valence-electron chi connectivity index (χ2n) is 6.56. The van der Waals surface area contributed by atoms with Crippen molar-refractivity contribution in [2.75, 3.05) is 39.5 Å². The Hall–Kier alpha value is -0.890. The summed E-state index contributed by atoms with van der Waals surface area (Å²) in [5, 5.41) is 0. The Bertz CT molecular complexity index is 361. The van der Waals surface area contributed by atoms with Crippen LogP contribution in [0.3, 0.4) is 0 Å². The second kappa shape index (κ2) is 6.48. The molecule has 0 aromatic carbocycles. The summed E-state index contributed by atoms with van der Waals surface area (Å²) in [7, 11) is 0. The Balaban J connectivity index is 1.90. The van der Waals surface area contributed by atoms with Gasteiger partial charge in [-0.3, -0.25) is 0 Å². The molecule has 0 bridgehead atoms. The first-order valence-corrected chi connectivity index (χ1v) is 7.39. The standard InChI is InChI=1S/C14H26N2O5/c1-13(2,3)21-12(17)16-6-7-20-14(8-16)9-18-11(4-5-15)19-10-14/h11H,4-10,15H2,1-3H3. The highest BCUT2D eigenvalue weighted by atomic mass is 16.7. The first kappa shape index (κ1) is 16.5. The molecule has 0 aromatic rings. The van der Waals surface area contributed by atoms with Crippen molar-refractivity contribution in [3.63, 3.8) is 0 Å². The van der Waals surface area contributed by atoms with Gasteiger partial charge in [0.2, 0.25) is 0 Å². The lowest BCUT2D eigenvalue weighted by atomic mass is 10.0. The van der Waals surface area contributed by atoms with E-state index in [9.17, 15) is 4.79 Å². The number of rotatable bonds is 2. The number of morpholine rings is 1. The molecule has 2 aliphatic rings. The molecule has 21 heavy (non-hydrogen) atoms. The van der Waals surface area contributed by atoms with Crippen molar-refractivity contribution in [2.24, 2.45) is 5.73 Å². The minimum absolute atomic E-state index is 0.277. The molecule has 2 fully saturated rings. The van der Waals surface area contributed by atoms with Crippen molar-refractivity contribution < 1.29 is 23.7 Å². The number of amides is 1. The predicted molar refractivity (Wildman–Crippen MR) is 75.9 cm³/mol. The van der Waals surface area contributed by atoms with E-state index in [2.05, 4.69) is 0 Å². The number of carbonyl (C=O) groups excluding carboxylic acids is 1. The summed E-state index contributed by atoms with van der Waals surface area (Å²) in [5.41, 5.74) is 4.39. The van der Waals surface area contributed by atoms with Crippen LogP contribution in [0.2, 0.25) is 0 Å². The monoisotopic (exact) mass is 302 g/mol. The van der Waals surface area contributed by atoms with Crippen molar-refractivity contribution in [1.82, 2.24) is 4.90 Å². The van der Waals surface area contributed by atoms with Gasteiger partial charge >= 0.3 is 6.09 Å². The SMILES string of the molecule is CC(C)(C)OC(=O)N1CCOC2(COC(CCN)OC2)C1. The van der Waals surface area contributed by atoms with Crippen LogP contribution in [-0.4, -0.2) is 67.9 Å². The molecular formula is C14H26N2O5. The summed E-state index contributed by atoms with van der Waals surface area (Å²) in [5.74, 6) is 0. The largest absolute Gasteiger partial charge is 0.444 e. The Morgan fingerprint density at radius 3 is 2.62 bits per heavy atom. The Morgan fingerprint density at radius 1 is 1.38 bits per heavy atom. The summed E-state index contributed by atoms with van der Waals surface area (Å²) < 4.78 is 22.5. The highest BCUT2D eigenvalue weighted by Gasteiger charge is 2.43. The molecule has 122 valence electrons. The number of carbonyl (C=O) groups is 1. The van der Waals surface area contributed by atoms with E-state index >= 15 is 0 Å². The van der Waals surface area contributed by atoms with Crippen LogP contribution in [0.5, 0.6) is 0 Å². The Labute approximate surface area is 125 Å². The number of nitrogens with zero attached hydrogens (tertiary/aromatic N) is 1. The highest BCUT2D eigenvalue weighted by molar-refractivity contribution is 5.68. The van der Waals surface area contributed by atoms with E-state index < -0.39 is 11.2 Å². The van der Waals surface area contributed by atoms with Crippen molar-refractivity contribution in [2.45, 2.75) is 44.7 Å². The van der Waals surface area contributed by atoms with Crippen LogP contribution in [0, 0.1) is 0 Å². The molecule has 2 heterocycles. The topological polar surface area (TPSA) is 83.2 Å². The van der Waals surface area contributed by atoms with Crippen LogP contribution >= 0.6 is 0 Å². The lowest BCUT2D eigenvalue weighted by Gasteiger charge is -2.45. The molecule has 1 spiro atoms. The average molecular weight is 302 g/mol. The number of hydrogen-bond donors (Lipinski definition) is 1. The van der Waals surface area contributed by atoms with Crippen molar-refractivity contribution in [1.29, 1.82) is 0 Å². The third-order valence-electron chi connectivity index (χ3n) is 3.37. The van der Waals surface area contributed by atoms with E-state index in [1.165, 1.54) is 0 Å². The molecule has 2 aliphatic heterocycles. The van der Waals surface area contributed by atoms with Crippen LogP contribution in [-0.2, 0) is 18.9 Å². The van der Waals surface area contributed by atoms with Gasteiger partial charge in [0.25, 0.3) is 0 Å². The molecule has 2 N–H and O–H groups in total. The normalized spacial score (nSPS) is 30.5. The molecule has 0 aliphatic carbocycles. The summed E-state index contributed by atoms with van der Waals surface area (Å²) >= 11 is 0. The van der Waals surface area contributed by atoms with Crippen molar-refractivity contribution in [3.05, 3.63) is 0 Å². The van der Waals surface area contributed by atoms with Crippen LogP contribution in [0.1, 0.15) is 27.2 Å². The van der Waals surface area contributed by atoms with E-state index in [4.69, 9.17) is 24.7 Å². The van der Waals surface area contributed by atoms with Crippen LogP contribution in [0.4, 0.5) is 4.79 Å². The van der Waals surface area contributed by atoms with Gasteiger partial charge in [0.05, 0.1) is 26.4 Å². The Kier molecular flexibility index (Phi) is 5.08. The molecule has 0 aromatic heterocycles. The number of nitrogens with two attached hydrogens (primary N) is 1. The first-order valence-electron chi connectivity index (χ1n) is 7.39. The van der Waals surface area contributed by atoms with Gasteiger partial charge in [-0.15, -0.1) is 0 Å². The first-order chi connectivity index (χ1) is 9.84. The van der Waals surface area contributed by atoms with Gasteiger partial charge in [0.1, 0.15) is 11.2 Å². The minimum Gasteiger partial charge on any atom is -0.444 e. The zero-order valence-electron chi connectivity index (χ0n) is 13.1. The second-order valence-corrected chi connectivity index (χ2v) is 6.56. The molecule has 1 amide bonds. The number of hydrogen-bond acceptors (Lipinski definition) is 6. The van der Waals surface area contributed by atoms with Gasteiger partial charge in [-0.1, -0.05) is 0 Å². The van der Waals surface area contributed by atoms with E-state index in [1.807, 2.05) is 20.8 Å². The van der Waals surface area contributed by atoms with Crippen LogP contribution in [0.25, 0.3) is 0 Å². The summed E-state index contributed by atoms with van der Waals surface area (Å²) in [6.45, 7) is 8.26. The van der Waals surface area contributed by atoms with E-state index in [0.717, 1.165) is 0 Å². The quantitative estimate of drug-likeness (QED) is 0.809. The molecular weight excluding hydrogens is 276 g/mol. The van der Waals surface area contributed by atoms with Gasteiger partial charge in [-0.25, -0.2) is 4.79 Å². The van der Waals surface area contributed by atoms with Gasteiger partial charge in [-0.2, -0.15) is 0 Å². The Morgan fingerprint density at radius 2 is 2.05 bits per heavy atom. The van der Waals surface area contributed by atoms with Crippen LogP contribution in [0.15, 0.2) is 0 Å². The molecule has 2 rings (SSSR count). The zero-order chi connectivity index (χ0) is 15.5. The van der Waals surface area contributed by atoms with Gasteiger partial charge in [-0.05, 0) is 27.3 Å². The predicted octanol–water partition coefficient (Wildman–Crippen LogP) is 0.714. The van der Waals surface area contributed by atoms with E-state index in [0.29, 0.717) is 45.9 Å². The fraction of sp³-hybridized carbons (Fsp3) is 0.929. The van der Waals surface area contributed by atoms with Crippen molar-refractivity contribution >= 4 is 6.09 Å². The molecule has 0 radical (unpaired) electrons. The fourth-order valence-corrected chi connectivity index (χ4v) is 2.38. The lowest BCUT2D eigenvalue weighted by molar-refractivity contribution is -0.278. The molecule has 7 nitrogen and oxygen atoms in total. The molecule has 7 heteroatoms. The maximum Gasteiger partial charge on any atom is 0.410 e. The summed E-state index contributed by atoms with van der Waals surface area (Å²) in [6, 6.07) is 0. The third-order valence-corrected chi connectivity index (χ3v) is 3.37. The van der Waals surface area contributed by atoms with Gasteiger partial charge in [0, 0.05) is 13.0 Å². The maximum absolute atomic E-state index is 12.2.